The fraction of sp³-hybridized carbons (Fsp3) is 0.200. The molecule has 64 heavy (non-hydrogen) atoms. The van der Waals surface area contributed by atoms with Crippen molar-refractivity contribution in [2.75, 3.05) is 12.3 Å². The summed E-state index contributed by atoms with van der Waals surface area (Å²) in [5.74, 6) is 0. The summed E-state index contributed by atoms with van der Waals surface area (Å²) in [5.41, 5.74) is 13.5. The van der Waals surface area contributed by atoms with Gasteiger partial charge in [-0.3, -0.25) is 0 Å². The molecule has 0 nitrogen and oxygen atoms in total. The van der Waals surface area contributed by atoms with E-state index >= 15 is 0 Å². The molecule has 0 saturated carbocycles. The Kier molecular flexibility index (Phi) is 16.7. The van der Waals surface area contributed by atoms with Crippen LogP contribution in [0.15, 0.2) is 194 Å². The second kappa shape index (κ2) is 21.9. The van der Waals surface area contributed by atoms with Crippen molar-refractivity contribution in [1.29, 1.82) is 0 Å². The Labute approximate surface area is 398 Å². The minimum absolute atomic E-state index is 0. The molecule has 4 heteroatoms. The maximum Gasteiger partial charge on any atom is 0.112 e. The van der Waals surface area contributed by atoms with Crippen LogP contribution in [0, 0.1) is 41.5 Å². The largest absolute Gasteiger partial charge is 1.00 e. The van der Waals surface area contributed by atoms with Crippen molar-refractivity contribution in [3.05, 3.63) is 250 Å². The van der Waals surface area contributed by atoms with Crippen molar-refractivity contribution in [2.24, 2.45) is 0 Å². The molecule has 0 aliphatic carbocycles. The van der Waals surface area contributed by atoms with Gasteiger partial charge >= 0.3 is 0 Å². The lowest BCUT2D eigenvalue weighted by atomic mass is 10.0. The standard InChI is InChI=1S/C60H62P2.2ClH/c1-45-7-29-55(30-8-45)61(56-31-9-46(2)10-32-56,57-33-11-47(3)12-34-57)43-41-53-25-21-51(22-26-53)19-20-52-23-27-54(28-24-52)42-44-62(58-35-13-48(4)14-36-58,59-37-15-49(5)16-38-59)60-39-17-50(6)18-40-60;;/h7-18,21-40H,19-20,41-44H2,1-6H3;2*1H/q+2;;/p-2. The Morgan fingerprint density at radius 3 is 0.547 bits per heavy atom. The molecular weight excluding hydrogens is 854 g/mol. The first-order chi connectivity index (χ1) is 30.1. The summed E-state index contributed by atoms with van der Waals surface area (Å²) in [6.07, 6.45) is 6.33. The van der Waals surface area contributed by atoms with Crippen molar-refractivity contribution < 1.29 is 24.8 Å². The highest BCUT2D eigenvalue weighted by Gasteiger charge is 2.46. The van der Waals surface area contributed by atoms with E-state index in [4.69, 9.17) is 0 Å². The Bertz CT molecular complexity index is 2250. The van der Waals surface area contributed by atoms with Crippen LogP contribution in [-0.2, 0) is 25.7 Å². The fourth-order valence-electron chi connectivity index (χ4n) is 9.09. The lowest BCUT2D eigenvalue weighted by Gasteiger charge is -2.28. The van der Waals surface area contributed by atoms with Crippen molar-refractivity contribution in [3.63, 3.8) is 0 Å². The zero-order chi connectivity index (χ0) is 43.1. The van der Waals surface area contributed by atoms with Gasteiger partial charge in [-0.15, -0.1) is 0 Å². The van der Waals surface area contributed by atoms with Crippen LogP contribution in [0.3, 0.4) is 0 Å². The van der Waals surface area contributed by atoms with Gasteiger partial charge in [0.25, 0.3) is 0 Å². The van der Waals surface area contributed by atoms with Crippen LogP contribution in [0.2, 0.25) is 0 Å². The first-order valence-corrected chi connectivity index (χ1v) is 26.4. The number of rotatable bonds is 15. The van der Waals surface area contributed by atoms with E-state index < -0.39 is 14.5 Å². The van der Waals surface area contributed by atoms with E-state index in [1.807, 2.05) is 0 Å². The van der Waals surface area contributed by atoms with Crippen molar-refractivity contribution in [3.8, 4) is 0 Å². The summed E-state index contributed by atoms with van der Waals surface area (Å²) >= 11 is 0. The Morgan fingerprint density at radius 1 is 0.219 bits per heavy atom. The third-order valence-corrected chi connectivity index (χ3v) is 21.9. The van der Waals surface area contributed by atoms with Gasteiger partial charge in [-0.1, -0.05) is 155 Å². The van der Waals surface area contributed by atoms with E-state index in [2.05, 4.69) is 236 Å². The second-order valence-corrected chi connectivity index (χ2v) is 24.9. The van der Waals surface area contributed by atoms with Gasteiger partial charge < -0.3 is 24.8 Å². The summed E-state index contributed by atoms with van der Waals surface area (Å²) < 4.78 is 0. The smallest absolute Gasteiger partial charge is 0.112 e. The summed E-state index contributed by atoms with van der Waals surface area (Å²) in [4.78, 5) is 0. The van der Waals surface area contributed by atoms with Gasteiger partial charge in [-0.05, 0) is 149 Å². The van der Waals surface area contributed by atoms with Gasteiger partial charge in [0.2, 0.25) is 0 Å². The first-order valence-electron chi connectivity index (χ1n) is 22.5. The maximum absolute atomic E-state index is 2.40. The van der Waals surface area contributed by atoms with Gasteiger partial charge in [0.15, 0.2) is 0 Å². The van der Waals surface area contributed by atoms with Crippen LogP contribution >= 0.6 is 14.5 Å². The fourth-order valence-corrected chi connectivity index (χ4v) is 17.6. The SMILES string of the molecule is Cc1ccc([P+](CCc2ccc(CCc3ccc(CC[P+](c4ccc(C)cc4)(c4ccc(C)cc4)c4ccc(C)cc4)cc3)cc2)(c2ccc(C)cc2)c2ccc(C)cc2)cc1.[Cl-].[Cl-]. The monoisotopic (exact) mass is 914 g/mol. The predicted octanol–water partition coefficient (Wildman–Crippen LogP) is 6.40. The molecular formula is C60H62Cl2P2. The van der Waals surface area contributed by atoms with Crippen molar-refractivity contribution in [2.45, 2.75) is 67.2 Å². The molecule has 326 valence electrons. The lowest BCUT2D eigenvalue weighted by Crippen LogP contribution is -3.00. The van der Waals surface area contributed by atoms with Gasteiger partial charge in [-0.25, -0.2) is 0 Å². The predicted molar refractivity (Wildman–Crippen MR) is 276 cm³/mol. The Balaban J connectivity index is 0.00000340. The third-order valence-electron chi connectivity index (χ3n) is 13.1. The molecule has 0 heterocycles. The highest BCUT2D eigenvalue weighted by atomic mass is 35.5. The maximum atomic E-state index is 2.40. The van der Waals surface area contributed by atoms with E-state index in [0.717, 1.165) is 38.0 Å². The first kappa shape index (κ1) is 48.7. The minimum atomic E-state index is -1.91. The molecule has 0 radical (unpaired) electrons. The molecule has 0 N–H and O–H groups in total. The van der Waals surface area contributed by atoms with E-state index in [0.29, 0.717) is 0 Å². The van der Waals surface area contributed by atoms with Crippen molar-refractivity contribution >= 4 is 46.4 Å². The number of hydrogen-bond acceptors (Lipinski definition) is 0. The number of hydrogen-bond donors (Lipinski definition) is 0. The molecule has 0 spiro atoms. The zero-order valence-corrected chi connectivity index (χ0v) is 41.7. The minimum Gasteiger partial charge on any atom is -1.00 e. The van der Waals surface area contributed by atoms with Crippen LogP contribution in [-0.4, -0.2) is 12.3 Å². The summed E-state index contributed by atoms with van der Waals surface area (Å²) in [6.45, 7) is 13.1. The van der Waals surface area contributed by atoms with E-state index in [1.54, 1.807) is 0 Å². The molecule has 0 aromatic heterocycles. The second-order valence-electron chi connectivity index (χ2n) is 17.7. The average molecular weight is 916 g/mol. The molecule has 8 aromatic rings. The topological polar surface area (TPSA) is 0 Å². The van der Waals surface area contributed by atoms with Crippen LogP contribution in [0.4, 0.5) is 0 Å². The molecule has 0 aliphatic heterocycles. The molecule has 0 aliphatic rings. The molecule has 0 unspecified atom stereocenters. The van der Waals surface area contributed by atoms with Crippen LogP contribution < -0.4 is 56.6 Å². The summed E-state index contributed by atoms with van der Waals surface area (Å²) in [7, 11) is -3.83. The average Bonchev–Trinajstić information content (AvgIpc) is 3.30. The Hall–Kier alpha value is -4.80. The van der Waals surface area contributed by atoms with Gasteiger partial charge in [0, 0.05) is 12.8 Å². The quantitative estimate of drug-likeness (QED) is 0.105. The summed E-state index contributed by atoms with van der Waals surface area (Å²) in [6, 6.07) is 75.4. The molecule has 0 amide bonds. The van der Waals surface area contributed by atoms with Crippen LogP contribution in [0.1, 0.15) is 55.6 Å². The number of benzene rings is 8. The van der Waals surface area contributed by atoms with E-state index in [-0.39, 0.29) is 24.8 Å². The summed E-state index contributed by atoms with van der Waals surface area (Å²) in [5, 5.41) is 8.77. The van der Waals surface area contributed by atoms with Crippen LogP contribution in [0.5, 0.6) is 0 Å². The molecule has 8 rings (SSSR count). The zero-order valence-electron chi connectivity index (χ0n) is 38.4. The molecule has 0 saturated heterocycles. The number of halogens is 2. The van der Waals surface area contributed by atoms with Crippen LogP contribution in [0.25, 0.3) is 0 Å². The third kappa shape index (κ3) is 11.0. The lowest BCUT2D eigenvalue weighted by molar-refractivity contribution is -0.00100. The molecule has 0 atom stereocenters. The van der Waals surface area contributed by atoms with E-state index in [9.17, 15) is 0 Å². The van der Waals surface area contributed by atoms with Gasteiger partial charge in [-0.2, -0.15) is 0 Å². The molecule has 8 aromatic carbocycles. The number of aryl methyl sites for hydroxylation is 10. The molecule has 0 bridgehead atoms. The highest BCUT2D eigenvalue weighted by molar-refractivity contribution is 7.96. The normalized spacial score (nSPS) is 11.4. The Morgan fingerprint density at radius 2 is 0.375 bits per heavy atom. The molecule has 0 fully saturated rings. The van der Waals surface area contributed by atoms with Gasteiger partial charge in [0.1, 0.15) is 46.4 Å². The van der Waals surface area contributed by atoms with Gasteiger partial charge in [0.05, 0.1) is 12.3 Å². The van der Waals surface area contributed by atoms with Crippen molar-refractivity contribution in [1.82, 2.24) is 0 Å². The highest BCUT2D eigenvalue weighted by Crippen LogP contribution is 2.57. The van der Waals surface area contributed by atoms with E-state index in [1.165, 1.54) is 87.5 Å².